The van der Waals surface area contributed by atoms with Crippen LogP contribution >= 0.6 is 27.5 Å². The van der Waals surface area contributed by atoms with Crippen molar-refractivity contribution in [2.45, 2.75) is 4.90 Å². The standard InChI is InChI=1S/C11H9BrClN3O2S/c12-8-4-3-7(14)6-10(8)19(17,18)16-11-9(13)2-1-5-15-11/h1-6H,14H2,(H,15,16). The smallest absolute Gasteiger partial charge is 0.264 e. The van der Waals surface area contributed by atoms with Gasteiger partial charge < -0.3 is 5.73 Å². The Kier molecular flexibility index (Phi) is 3.98. The lowest BCUT2D eigenvalue weighted by Crippen LogP contribution is -2.15. The van der Waals surface area contributed by atoms with Gasteiger partial charge in [0.25, 0.3) is 10.0 Å². The number of nitrogens with zero attached hydrogens (tertiary/aromatic N) is 1. The number of benzene rings is 1. The number of halogens is 2. The monoisotopic (exact) mass is 361 g/mol. The van der Waals surface area contributed by atoms with Crippen LogP contribution in [0.2, 0.25) is 5.02 Å². The van der Waals surface area contributed by atoms with Gasteiger partial charge in [-0.2, -0.15) is 0 Å². The Balaban J connectivity index is 2.44. The molecular formula is C11H9BrClN3O2S. The SMILES string of the molecule is Nc1ccc(Br)c(S(=O)(=O)Nc2ncccc2Cl)c1. The molecule has 0 aliphatic carbocycles. The van der Waals surface area contributed by atoms with Gasteiger partial charge in [0.05, 0.1) is 5.02 Å². The lowest BCUT2D eigenvalue weighted by molar-refractivity contribution is 0.600. The first-order valence-electron chi connectivity index (χ1n) is 5.08. The summed E-state index contributed by atoms with van der Waals surface area (Å²) < 4.78 is 27.2. The molecule has 19 heavy (non-hydrogen) atoms. The Morgan fingerprint density at radius 1 is 1.32 bits per heavy atom. The lowest BCUT2D eigenvalue weighted by Gasteiger charge is -2.10. The largest absolute Gasteiger partial charge is 0.399 e. The molecule has 0 spiro atoms. The number of hydrogen-bond donors (Lipinski definition) is 2. The molecule has 0 saturated carbocycles. The van der Waals surface area contributed by atoms with E-state index in [4.69, 9.17) is 17.3 Å². The van der Waals surface area contributed by atoms with Crippen LogP contribution in [0, 0.1) is 0 Å². The van der Waals surface area contributed by atoms with Gasteiger partial charge in [0.1, 0.15) is 4.90 Å². The van der Waals surface area contributed by atoms with Crippen molar-refractivity contribution in [1.29, 1.82) is 0 Å². The summed E-state index contributed by atoms with van der Waals surface area (Å²) in [6.45, 7) is 0. The molecule has 1 aromatic heterocycles. The molecule has 100 valence electrons. The minimum Gasteiger partial charge on any atom is -0.399 e. The van der Waals surface area contributed by atoms with E-state index in [1.54, 1.807) is 24.3 Å². The van der Waals surface area contributed by atoms with E-state index in [-0.39, 0.29) is 15.7 Å². The molecule has 0 amide bonds. The van der Waals surface area contributed by atoms with Gasteiger partial charge in [0.15, 0.2) is 5.82 Å². The molecule has 0 saturated heterocycles. The zero-order valence-electron chi connectivity index (χ0n) is 9.47. The van der Waals surface area contributed by atoms with Crippen LogP contribution in [0.25, 0.3) is 0 Å². The topological polar surface area (TPSA) is 85.1 Å². The summed E-state index contributed by atoms with van der Waals surface area (Å²) in [5.74, 6) is 0.0680. The van der Waals surface area contributed by atoms with Crippen molar-refractivity contribution in [3.8, 4) is 0 Å². The number of sulfonamides is 1. The van der Waals surface area contributed by atoms with Crippen LogP contribution in [0.1, 0.15) is 0 Å². The lowest BCUT2D eigenvalue weighted by atomic mass is 10.3. The molecule has 0 atom stereocenters. The number of hydrogen-bond acceptors (Lipinski definition) is 4. The second-order valence-corrected chi connectivity index (χ2v) is 6.54. The number of anilines is 2. The van der Waals surface area contributed by atoms with E-state index in [1.165, 1.54) is 12.3 Å². The van der Waals surface area contributed by atoms with Crippen molar-refractivity contribution in [1.82, 2.24) is 4.98 Å². The summed E-state index contributed by atoms with van der Waals surface area (Å²) in [6, 6.07) is 7.65. The molecule has 0 aliphatic heterocycles. The van der Waals surface area contributed by atoms with Crippen molar-refractivity contribution in [3.63, 3.8) is 0 Å². The second kappa shape index (κ2) is 5.36. The van der Waals surface area contributed by atoms with Gasteiger partial charge in [0, 0.05) is 16.4 Å². The first kappa shape index (κ1) is 14.1. The summed E-state index contributed by atoms with van der Waals surface area (Å²) >= 11 is 9.03. The normalized spacial score (nSPS) is 11.3. The number of nitrogen functional groups attached to an aromatic ring is 1. The summed E-state index contributed by atoms with van der Waals surface area (Å²) in [5.41, 5.74) is 5.94. The van der Waals surface area contributed by atoms with Gasteiger partial charge in [-0.15, -0.1) is 0 Å². The van der Waals surface area contributed by atoms with Crippen molar-refractivity contribution in [2.24, 2.45) is 0 Å². The van der Waals surface area contributed by atoms with Gasteiger partial charge in [-0.25, -0.2) is 13.4 Å². The maximum atomic E-state index is 12.2. The average Bonchev–Trinajstić information content (AvgIpc) is 2.35. The quantitative estimate of drug-likeness (QED) is 0.822. The van der Waals surface area contributed by atoms with Crippen molar-refractivity contribution in [3.05, 3.63) is 46.0 Å². The Morgan fingerprint density at radius 3 is 2.74 bits per heavy atom. The molecule has 0 aliphatic rings. The number of rotatable bonds is 3. The molecule has 1 aromatic carbocycles. The molecule has 3 N–H and O–H groups in total. The van der Waals surface area contributed by atoms with Crippen LogP contribution in [0.15, 0.2) is 45.9 Å². The van der Waals surface area contributed by atoms with E-state index in [0.717, 1.165) is 0 Å². The van der Waals surface area contributed by atoms with Crippen LogP contribution in [-0.4, -0.2) is 13.4 Å². The molecule has 5 nitrogen and oxygen atoms in total. The number of aromatic nitrogens is 1. The predicted molar refractivity (Wildman–Crippen MR) is 78.6 cm³/mol. The van der Waals surface area contributed by atoms with Gasteiger partial charge in [-0.1, -0.05) is 11.6 Å². The highest BCUT2D eigenvalue weighted by Gasteiger charge is 2.19. The van der Waals surface area contributed by atoms with Crippen LogP contribution < -0.4 is 10.5 Å². The third kappa shape index (κ3) is 3.17. The highest BCUT2D eigenvalue weighted by atomic mass is 79.9. The van der Waals surface area contributed by atoms with Gasteiger partial charge >= 0.3 is 0 Å². The van der Waals surface area contributed by atoms with E-state index in [1.807, 2.05) is 0 Å². The van der Waals surface area contributed by atoms with Crippen molar-refractivity contribution >= 4 is 49.1 Å². The minimum atomic E-state index is -3.81. The summed E-state index contributed by atoms with van der Waals surface area (Å²) in [7, 11) is -3.81. The summed E-state index contributed by atoms with van der Waals surface area (Å²) in [5, 5.41) is 0.214. The van der Waals surface area contributed by atoms with Crippen LogP contribution in [0.5, 0.6) is 0 Å². The molecule has 2 rings (SSSR count). The Bertz CT molecular complexity index is 722. The fourth-order valence-electron chi connectivity index (χ4n) is 1.37. The predicted octanol–water partition coefficient (Wildman–Crippen LogP) is 2.88. The van der Waals surface area contributed by atoms with Gasteiger partial charge in [-0.3, -0.25) is 4.72 Å². The minimum absolute atomic E-state index is 0.0224. The van der Waals surface area contributed by atoms with E-state index in [2.05, 4.69) is 25.6 Å². The zero-order valence-corrected chi connectivity index (χ0v) is 12.6. The third-order valence-corrected chi connectivity index (χ3v) is 4.87. The molecule has 0 fully saturated rings. The van der Waals surface area contributed by atoms with Crippen molar-refractivity contribution < 1.29 is 8.42 Å². The van der Waals surface area contributed by atoms with Gasteiger partial charge in [0.2, 0.25) is 0 Å². The first-order chi connectivity index (χ1) is 8.90. The molecule has 2 aromatic rings. The van der Waals surface area contributed by atoms with E-state index < -0.39 is 10.0 Å². The maximum Gasteiger partial charge on any atom is 0.264 e. The molecule has 0 bridgehead atoms. The molecule has 1 heterocycles. The fourth-order valence-corrected chi connectivity index (χ4v) is 3.62. The summed E-state index contributed by atoms with van der Waals surface area (Å²) in [4.78, 5) is 3.89. The van der Waals surface area contributed by atoms with Crippen molar-refractivity contribution in [2.75, 3.05) is 10.5 Å². The third-order valence-electron chi connectivity index (χ3n) is 2.23. The number of nitrogens with one attached hydrogen (secondary N) is 1. The zero-order chi connectivity index (χ0) is 14.0. The first-order valence-corrected chi connectivity index (χ1v) is 7.74. The highest BCUT2D eigenvalue weighted by Crippen LogP contribution is 2.27. The Morgan fingerprint density at radius 2 is 2.05 bits per heavy atom. The molecular weight excluding hydrogens is 354 g/mol. The second-order valence-electron chi connectivity index (χ2n) is 3.63. The van der Waals surface area contributed by atoms with Crippen LogP contribution in [0.3, 0.4) is 0 Å². The molecule has 0 unspecified atom stereocenters. The van der Waals surface area contributed by atoms with E-state index in [0.29, 0.717) is 10.2 Å². The van der Waals surface area contributed by atoms with Crippen LogP contribution in [-0.2, 0) is 10.0 Å². The number of nitrogens with two attached hydrogens (primary N) is 1. The molecule has 8 heteroatoms. The van der Waals surface area contributed by atoms with Crippen LogP contribution in [0.4, 0.5) is 11.5 Å². The van der Waals surface area contributed by atoms with Gasteiger partial charge in [-0.05, 0) is 46.3 Å². The Labute approximate surface area is 124 Å². The summed E-state index contributed by atoms with van der Waals surface area (Å²) in [6.07, 6.45) is 1.44. The highest BCUT2D eigenvalue weighted by molar-refractivity contribution is 9.10. The van der Waals surface area contributed by atoms with E-state index in [9.17, 15) is 8.42 Å². The average molecular weight is 363 g/mol. The molecule has 0 radical (unpaired) electrons. The van der Waals surface area contributed by atoms with E-state index >= 15 is 0 Å². The number of pyridine rings is 1. The Hall–Kier alpha value is -1.31. The maximum absolute atomic E-state index is 12.2. The fraction of sp³-hybridized carbons (Fsp3) is 0.